The summed E-state index contributed by atoms with van der Waals surface area (Å²) in [5.41, 5.74) is 2.03. The Balaban J connectivity index is 1.58. The van der Waals surface area contributed by atoms with E-state index >= 15 is 0 Å². The molecule has 144 valence electrons. The molecule has 0 amide bonds. The second kappa shape index (κ2) is 10.1. The lowest BCUT2D eigenvalue weighted by atomic mass is 10.0. The maximum absolute atomic E-state index is 6.03. The average molecular weight is 367 g/mol. The molecule has 3 rings (SSSR count). The van der Waals surface area contributed by atoms with Gasteiger partial charge in [-0.3, -0.25) is 9.88 Å². The van der Waals surface area contributed by atoms with Gasteiger partial charge in [0.15, 0.2) is 0 Å². The summed E-state index contributed by atoms with van der Waals surface area (Å²) >= 11 is 0. The third-order valence-electron chi connectivity index (χ3n) is 4.93. The number of hydrogen-bond acceptors (Lipinski definition) is 5. The van der Waals surface area contributed by atoms with Crippen LogP contribution in [0.5, 0.6) is 11.5 Å². The van der Waals surface area contributed by atoms with Crippen LogP contribution in [0.3, 0.4) is 0 Å². The summed E-state index contributed by atoms with van der Waals surface area (Å²) < 4.78 is 11.4. The van der Waals surface area contributed by atoms with Crippen LogP contribution < -0.4 is 14.8 Å². The summed E-state index contributed by atoms with van der Waals surface area (Å²) in [6.45, 7) is 8.26. The van der Waals surface area contributed by atoms with Gasteiger partial charge in [-0.2, -0.15) is 0 Å². The quantitative estimate of drug-likeness (QED) is 0.688. The first-order valence-corrected chi connectivity index (χ1v) is 9.54. The van der Waals surface area contributed by atoms with E-state index in [-0.39, 0.29) is 0 Å². The van der Waals surface area contributed by atoms with Crippen molar-refractivity contribution >= 4 is 0 Å². The van der Waals surface area contributed by atoms with Gasteiger partial charge >= 0.3 is 0 Å². The van der Waals surface area contributed by atoms with Crippen LogP contribution in [0.4, 0.5) is 0 Å². The highest BCUT2D eigenvalue weighted by molar-refractivity contribution is 5.40. The van der Waals surface area contributed by atoms with E-state index in [1.807, 2.05) is 42.5 Å². The van der Waals surface area contributed by atoms with Gasteiger partial charge in [-0.05, 0) is 56.3 Å². The molecule has 0 bridgehead atoms. The van der Waals surface area contributed by atoms with Gasteiger partial charge in [-0.1, -0.05) is 12.1 Å². The lowest BCUT2D eigenvalue weighted by molar-refractivity contribution is 0.214. The van der Waals surface area contributed by atoms with Crippen LogP contribution in [0.25, 0.3) is 0 Å². The minimum Gasteiger partial charge on any atom is -0.497 e. The van der Waals surface area contributed by atoms with Gasteiger partial charge in [0.1, 0.15) is 18.1 Å². The summed E-state index contributed by atoms with van der Waals surface area (Å²) in [6.07, 6.45) is 6.08. The van der Waals surface area contributed by atoms with Gasteiger partial charge in [0, 0.05) is 30.9 Å². The lowest BCUT2D eigenvalue weighted by Gasteiger charge is -2.31. The van der Waals surface area contributed by atoms with E-state index in [0.717, 1.165) is 61.8 Å². The number of nitrogens with one attached hydrogen (secondary N) is 1. The van der Waals surface area contributed by atoms with Crippen molar-refractivity contribution in [1.29, 1.82) is 0 Å². The largest absolute Gasteiger partial charge is 0.497 e. The average Bonchev–Trinajstić information content (AvgIpc) is 2.73. The summed E-state index contributed by atoms with van der Waals surface area (Å²) in [6, 6.07) is 12.3. The molecule has 1 aliphatic heterocycles. The van der Waals surface area contributed by atoms with E-state index in [1.54, 1.807) is 13.3 Å². The monoisotopic (exact) mass is 367 g/mol. The third kappa shape index (κ3) is 5.81. The second-order valence-electron chi connectivity index (χ2n) is 6.83. The highest BCUT2D eigenvalue weighted by atomic mass is 16.5. The molecule has 2 aromatic rings. The van der Waals surface area contributed by atoms with Gasteiger partial charge in [-0.15, -0.1) is 6.58 Å². The van der Waals surface area contributed by atoms with Gasteiger partial charge in [0.2, 0.25) is 0 Å². The Labute approximate surface area is 162 Å². The molecule has 2 heterocycles. The van der Waals surface area contributed by atoms with Crippen molar-refractivity contribution in [1.82, 2.24) is 15.2 Å². The van der Waals surface area contributed by atoms with Gasteiger partial charge in [0.25, 0.3) is 0 Å². The van der Waals surface area contributed by atoms with E-state index in [2.05, 4.69) is 21.8 Å². The first-order chi connectivity index (χ1) is 13.3. The Bertz CT molecular complexity index is 713. The summed E-state index contributed by atoms with van der Waals surface area (Å²) in [4.78, 5) is 6.76. The Hall–Kier alpha value is -2.37. The number of rotatable bonds is 9. The Morgan fingerprint density at radius 3 is 2.81 bits per heavy atom. The van der Waals surface area contributed by atoms with Gasteiger partial charge in [0.05, 0.1) is 12.8 Å². The molecule has 5 heteroatoms. The third-order valence-corrected chi connectivity index (χ3v) is 4.93. The van der Waals surface area contributed by atoms with Crippen molar-refractivity contribution in [2.75, 3.05) is 26.7 Å². The number of methoxy groups -OCH3 is 1. The van der Waals surface area contributed by atoms with Crippen molar-refractivity contribution in [3.8, 4) is 11.5 Å². The van der Waals surface area contributed by atoms with E-state index in [1.165, 1.54) is 0 Å². The molecule has 0 aliphatic carbocycles. The van der Waals surface area contributed by atoms with Crippen LogP contribution in [0, 0.1) is 0 Å². The number of ether oxygens (including phenoxy) is 2. The van der Waals surface area contributed by atoms with E-state index in [9.17, 15) is 0 Å². The number of nitrogens with zero attached hydrogens (tertiary/aromatic N) is 2. The van der Waals surface area contributed by atoms with Crippen LogP contribution in [0.1, 0.15) is 24.1 Å². The summed E-state index contributed by atoms with van der Waals surface area (Å²) in [7, 11) is 1.69. The maximum atomic E-state index is 6.03. The first kappa shape index (κ1) is 19.4. The molecule has 0 atom stereocenters. The minimum atomic E-state index is 0.458. The van der Waals surface area contributed by atoms with Gasteiger partial charge in [-0.25, -0.2) is 0 Å². The zero-order valence-electron chi connectivity index (χ0n) is 16.1. The van der Waals surface area contributed by atoms with Crippen molar-refractivity contribution in [2.45, 2.75) is 32.0 Å². The molecule has 1 aliphatic rings. The minimum absolute atomic E-state index is 0.458. The molecule has 0 saturated carbocycles. The number of pyridine rings is 1. The second-order valence-corrected chi connectivity index (χ2v) is 6.83. The SMILES string of the molecule is C=CCN1CCC(NCc2cc(OC)ccc2OCc2ccccn2)CC1. The zero-order valence-corrected chi connectivity index (χ0v) is 16.1. The molecule has 0 unspecified atom stereocenters. The van der Waals surface area contributed by atoms with Crippen molar-refractivity contribution in [3.05, 3.63) is 66.5 Å². The molecular formula is C22H29N3O2. The van der Waals surface area contributed by atoms with Crippen LogP contribution in [-0.2, 0) is 13.2 Å². The molecule has 5 nitrogen and oxygen atoms in total. The fourth-order valence-corrected chi connectivity index (χ4v) is 3.35. The maximum Gasteiger partial charge on any atom is 0.130 e. The van der Waals surface area contributed by atoms with Gasteiger partial charge < -0.3 is 14.8 Å². The highest BCUT2D eigenvalue weighted by Gasteiger charge is 2.18. The van der Waals surface area contributed by atoms with Crippen molar-refractivity contribution in [2.24, 2.45) is 0 Å². The van der Waals surface area contributed by atoms with E-state index < -0.39 is 0 Å². The number of hydrogen-bond donors (Lipinski definition) is 1. The number of piperidine rings is 1. The summed E-state index contributed by atoms with van der Waals surface area (Å²) in [5.74, 6) is 1.72. The molecule has 0 radical (unpaired) electrons. The Morgan fingerprint density at radius 2 is 2.11 bits per heavy atom. The van der Waals surface area contributed by atoms with Crippen LogP contribution >= 0.6 is 0 Å². The van der Waals surface area contributed by atoms with E-state index in [0.29, 0.717) is 12.6 Å². The smallest absolute Gasteiger partial charge is 0.130 e. The fourth-order valence-electron chi connectivity index (χ4n) is 3.35. The van der Waals surface area contributed by atoms with Crippen molar-refractivity contribution < 1.29 is 9.47 Å². The topological polar surface area (TPSA) is 46.6 Å². The molecule has 1 fully saturated rings. The predicted octanol–water partition coefficient (Wildman–Crippen LogP) is 3.41. The molecule has 27 heavy (non-hydrogen) atoms. The first-order valence-electron chi connectivity index (χ1n) is 9.54. The van der Waals surface area contributed by atoms with Crippen molar-refractivity contribution in [3.63, 3.8) is 0 Å². The highest BCUT2D eigenvalue weighted by Crippen LogP contribution is 2.25. The molecule has 1 saturated heterocycles. The molecule has 1 aromatic heterocycles. The van der Waals surface area contributed by atoms with E-state index in [4.69, 9.17) is 9.47 Å². The standard InChI is InChI=1S/C22H29N3O2/c1-3-12-25-13-9-19(10-14-25)24-16-18-15-21(26-2)7-8-22(18)27-17-20-6-4-5-11-23-20/h3-8,11,15,19,24H,1,9-10,12-14,16-17H2,2H3. The Kier molecular flexibility index (Phi) is 7.25. The molecule has 0 spiro atoms. The molecule has 1 aromatic carbocycles. The zero-order chi connectivity index (χ0) is 18.9. The summed E-state index contributed by atoms with van der Waals surface area (Å²) in [5, 5.41) is 3.69. The lowest BCUT2D eigenvalue weighted by Crippen LogP contribution is -2.42. The number of likely N-dealkylation sites (tertiary alicyclic amines) is 1. The predicted molar refractivity (Wildman–Crippen MR) is 108 cm³/mol. The number of benzene rings is 1. The molecule has 1 N–H and O–H groups in total. The Morgan fingerprint density at radius 1 is 1.26 bits per heavy atom. The fraction of sp³-hybridized carbons (Fsp3) is 0.409. The molecular weight excluding hydrogens is 338 g/mol. The van der Waals surface area contributed by atoms with Crippen LogP contribution in [0.15, 0.2) is 55.3 Å². The number of aromatic nitrogens is 1. The van der Waals surface area contributed by atoms with Crippen LogP contribution in [0.2, 0.25) is 0 Å². The normalized spacial score (nSPS) is 15.4. The van der Waals surface area contributed by atoms with Crippen LogP contribution in [-0.4, -0.2) is 42.7 Å².